The molecule has 0 saturated carbocycles. The Kier molecular flexibility index (Phi) is 10.6. The second-order valence-corrected chi connectivity index (χ2v) is 11.5. The Hall–Kier alpha value is -5.29. The number of hydrogen-bond donors (Lipinski definition) is 1. The summed E-state index contributed by atoms with van der Waals surface area (Å²) in [6.07, 6.45) is -1.50. The largest absolute Gasteiger partial charge is 0.490 e. The summed E-state index contributed by atoms with van der Waals surface area (Å²) in [4.78, 5) is 29.6. The van der Waals surface area contributed by atoms with Gasteiger partial charge in [0.1, 0.15) is 23.8 Å². The highest BCUT2D eigenvalue weighted by Gasteiger charge is 2.33. The number of pyridine rings is 1. The number of ketones is 1. The van der Waals surface area contributed by atoms with E-state index in [0.717, 1.165) is 23.4 Å². The van der Waals surface area contributed by atoms with Gasteiger partial charge in [-0.25, -0.2) is 14.2 Å². The van der Waals surface area contributed by atoms with Crippen LogP contribution in [0.3, 0.4) is 0 Å². The second kappa shape index (κ2) is 14.9. The van der Waals surface area contributed by atoms with E-state index in [1.165, 1.54) is 18.2 Å². The van der Waals surface area contributed by atoms with Gasteiger partial charge in [-0.3, -0.25) is 4.79 Å². The third-order valence-corrected chi connectivity index (χ3v) is 8.14. The van der Waals surface area contributed by atoms with E-state index in [9.17, 15) is 27.9 Å². The standard InChI is InChI=1S/C38H34F4N2O5/c1-4-25-8-5-10-27(18-25)35(45)33-24(3)44(36-31(33)19-29(20-43-36)38(40,41)42)17-7-12-26-9-6-11-28(34(26)39)21-49-32(37(46)47)22-48-30-15-13-23(2)14-16-30/h5-16,18-20,32H,4,17,21-22H2,1-3H3,(H,46,47)/b12-7+/t32-/m1/s1. The van der Waals surface area contributed by atoms with Gasteiger partial charge in [0.05, 0.1) is 17.7 Å². The Morgan fingerprint density at radius 2 is 1.76 bits per heavy atom. The van der Waals surface area contributed by atoms with Crippen LogP contribution in [0.4, 0.5) is 17.6 Å². The van der Waals surface area contributed by atoms with Crippen LogP contribution in [0.15, 0.2) is 85.1 Å². The van der Waals surface area contributed by atoms with Crippen molar-refractivity contribution in [2.75, 3.05) is 6.61 Å². The van der Waals surface area contributed by atoms with Gasteiger partial charge in [0.2, 0.25) is 0 Å². The number of benzene rings is 3. The Labute approximate surface area is 280 Å². The molecule has 2 heterocycles. The third kappa shape index (κ3) is 8.06. The Morgan fingerprint density at radius 1 is 1.02 bits per heavy atom. The minimum Gasteiger partial charge on any atom is -0.490 e. The first kappa shape index (κ1) is 35.0. The fourth-order valence-electron chi connectivity index (χ4n) is 5.40. The molecule has 3 aromatic carbocycles. The van der Waals surface area contributed by atoms with Gasteiger partial charge in [0, 0.05) is 40.5 Å². The van der Waals surface area contributed by atoms with Gasteiger partial charge in [0.15, 0.2) is 11.9 Å². The highest BCUT2D eigenvalue weighted by molar-refractivity contribution is 6.17. The lowest BCUT2D eigenvalue weighted by atomic mass is 9.98. The molecule has 0 aliphatic heterocycles. The van der Waals surface area contributed by atoms with Crippen LogP contribution < -0.4 is 4.74 Å². The predicted octanol–water partition coefficient (Wildman–Crippen LogP) is 8.37. The normalized spacial score (nSPS) is 12.5. The van der Waals surface area contributed by atoms with E-state index in [2.05, 4.69) is 4.98 Å². The maximum absolute atomic E-state index is 15.5. The van der Waals surface area contributed by atoms with E-state index in [1.807, 2.05) is 32.0 Å². The lowest BCUT2D eigenvalue weighted by molar-refractivity contribution is -0.153. The number of nitrogens with zero attached hydrogens (tertiary/aromatic N) is 2. The molecule has 0 spiro atoms. The second-order valence-electron chi connectivity index (χ2n) is 11.5. The summed E-state index contributed by atoms with van der Waals surface area (Å²) in [5.74, 6) is -1.84. The van der Waals surface area contributed by atoms with Crippen LogP contribution in [-0.4, -0.2) is 39.1 Å². The summed E-state index contributed by atoms with van der Waals surface area (Å²) in [5.41, 5.74) is 2.30. The highest BCUT2D eigenvalue weighted by atomic mass is 19.4. The number of halogens is 4. The predicted molar refractivity (Wildman–Crippen MR) is 177 cm³/mol. The lowest BCUT2D eigenvalue weighted by Gasteiger charge is -2.15. The average molecular weight is 675 g/mol. The summed E-state index contributed by atoms with van der Waals surface area (Å²) >= 11 is 0. The van der Waals surface area contributed by atoms with Crippen LogP contribution in [0.1, 0.15) is 56.4 Å². The Balaban J connectivity index is 1.37. The van der Waals surface area contributed by atoms with Gasteiger partial charge in [-0.1, -0.05) is 73.2 Å². The van der Waals surface area contributed by atoms with Crippen LogP contribution in [0, 0.1) is 19.7 Å². The molecule has 0 radical (unpaired) electrons. The molecular formula is C38H34F4N2O5. The summed E-state index contributed by atoms with van der Waals surface area (Å²) in [6.45, 7) is 4.94. The molecule has 0 amide bonds. The Morgan fingerprint density at radius 3 is 2.45 bits per heavy atom. The zero-order chi connectivity index (χ0) is 35.3. The molecule has 11 heteroatoms. The van der Waals surface area contributed by atoms with Crippen molar-refractivity contribution in [2.45, 2.75) is 52.6 Å². The quantitative estimate of drug-likeness (QED) is 0.0997. The van der Waals surface area contributed by atoms with Crippen molar-refractivity contribution in [1.29, 1.82) is 0 Å². The number of aliphatic carboxylic acids is 1. The van der Waals surface area contributed by atoms with Crippen LogP contribution in [0.2, 0.25) is 0 Å². The van der Waals surface area contributed by atoms with Crippen molar-refractivity contribution in [3.05, 3.63) is 136 Å². The van der Waals surface area contributed by atoms with Crippen molar-refractivity contribution in [3.63, 3.8) is 0 Å². The SMILES string of the molecule is CCc1cccc(C(=O)c2c(C)n(C/C=C/c3cccc(CO[C@H](COc4ccc(C)cc4)C(=O)O)c3F)c3ncc(C(F)(F)F)cc23)c1. The number of carboxylic acids is 1. The van der Waals surface area contributed by atoms with E-state index in [4.69, 9.17) is 9.47 Å². The molecule has 49 heavy (non-hydrogen) atoms. The number of aryl methyl sites for hydroxylation is 2. The van der Waals surface area contributed by atoms with E-state index in [0.29, 0.717) is 23.4 Å². The molecule has 254 valence electrons. The number of allylic oxidation sites excluding steroid dienone is 1. The van der Waals surface area contributed by atoms with Crippen LogP contribution >= 0.6 is 0 Å². The molecule has 2 aromatic heterocycles. The molecule has 7 nitrogen and oxygen atoms in total. The van der Waals surface area contributed by atoms with Gasteiger partial charge < -0.3 is 19.1 Å². The van der Waals surface area contributed by atoms with Gasteiger partial charge in [-0.15, -0.1) is 0 Å². The highest BCUT2D eigenvalue weighted by Crippen LogP contribution is 2.34. The maximum Gasteiger partial charge on any atom is 0.417 e. The lowest BCUT2D eigenvalue weighted by Crippen LogP contribution is -2.30. The average Bonchev–Trinajstić information content (AvgIpc) is 3.35. The molecule has 1 N–H and O–H groups in total. The van der Waals surface area contributed by atoms with Crippen molar-refractivity contribution in [2.24, 2.45) is 0 Å². The first-order valence-electron chi connectivity index (χ1n) is 15.5. The Bertz CT molecular complexity index is 2020. The number of fused-ring (bicyclic) bond motifs is 1. The molecule has 0 aliphatic carbocycles. The zero-order valence-electron chi connectivity index (χ0n) is 27.1. The van der Waals surface area contributed by atoms with Crippen molar-refractivity contribution >= 4 is 28.9 Å². The number of alkyl halides is 3. The van der Waals surface area contributed by atoms with Gasteiger partial charge >= 0.3 is 12.1 Å². The molecule has 0 aliphatic rings. The number of carbonyl (C=O) groups is 2. The number of hydrogen-bond acceptors (Lipinski definition) is 5. The van der Waals surface area contributed by atoms with Crippen molar-refractivity contribution < 1.29 is 41.7 Å². The smallest absolute Gasteiger partial charge is 0.417 e. The van der Waals surface area contributed by atoms with Crippen molar-refractivity contribution in [3.8, 4) is 5.75 Å². The number of ether oxygens (including phenoxy) is 2. The molecule has 0 unspecified atom stereocenters. The monoisotopic (exact) mass is 674 g/mol. The summed E-state index contributed by atoms with van der Waals surface area (Å²) in [5, 5.41) is 9.67. The van der Waals surface area contributed by atoms with E-state index < -0.39 is 35.4 Å². The van der Waals surface area contributed by atoms with E-state index in [1.54, 1.807) is 54.0 Å². The first-order chi connectivity index (χ1) is 23.4. The zero-order valence-corrected chi connectivity index (χ0v) is 27.1. The fraction of sp³-hybridized carbons (Fsp3) is 0.237. The minimum atomic E-state index is -4.66. The third-order valence-electron chi connectivity index (χ3n) is 8.14. The molecular weight excluding hydrogens is 640 g/mol. The fourth-order valence-corrected chi connectivity index (χ4v) is 5.40. The van der Waals surface area contributed by atoms with Crippen LogP contribution in [0.5, 0.6) is 5.75 Å². The van der Waals surface area contributed by atoms with Gasteiger partial charge in [-0.2, -0.15) is 13.2 Å². The summed E-state index contributed by atoms with van der Waals surface area (Å²) < 4.78 is 69.2. The number of rotatable bonds is 13. The maximum atomic E-state index is 15.5. The number of carboxylic acid groups (broad SMARTS) is 1. The van der Waals surface area contributed by atoms with Gasteiger partial charge in [0.25, 0.3) is 0 Å². The number of aromatic nitrogens is 2. The molecule has 0 bridgehead atoms. The minimum absolute atomic E-state index is 0.0669. The molecule has 5 rings (SSSR count). The first-order valence-corrected chi connectivity index (χ1v) is 15.5. The van der Waals surface area contributed by atoms with Crippen LogP contribution in [0.25, 0.3) is 17.1 Å². The van der Waals surface area contributed by atoms with Crippen LogP contribution in [-0.2, 0) is 35.3 Å². The van der Waals surface area contributed by atoms with E-state index in [-0.39, 0.29) is 47.5 Å². The molecule has 0 saturated heterocycles. The summed E-state index contributed by atoms with van der Waals surface area (Å²) in [6, 6.07) is 19.5. The topological polar surface area (TPSA) is 90.7 Å². The molecule has 0 fully saturated rings. The summed E-state index contributed by atoms with van der Waals surface area (Å²) in [7, 11) is 0. The number of carbonyl (C=O) groups excluding carboxylic acids is 1. The van der Waals surface area contributed by atoms with Crippen molar-refractivity contribution in [1.82, 2.24) is 9.55 Å². The molecule has 5 aromatic rings. The molecule has 1 atom stereocenters. The van der Waals surface area contributed by atoms with E-state index >= 15 is 4.39 Å². The van der Waals surface area contributed by atoms with Gasteiger partial charge in [-0.05, 0) is 50.1 Å².